The molecule has 0 amide bonds. The molecule has 74 valence electrons. The molecule has 0 saturated heterocycles. The van der Waals surface area contributed by atoms with Crippen LogP contribution in [-0.2, 0) is 0 Å². The lowest BCUT2D eigenvalue weighted by molar-refractivity contribution is 0.0442. The van der Waals surface area contributed by atoms with Crippen LogP contribution in [0.25, 0.3) is 0 Å². The molecule has 1 N–H and O–H groups in total. The summed E-state index contributed by atoms with van der Waals surface area (Å²) >= 11 is 0. The first-order valence-electron chi connectivity index (χ1n) is 5.34. The van der Waals surface area contributed by atoms with E-state index in [9.17, 15) is 5.11 Å². The van der Waals surface area contributed by atoms with E-state index < -0.39 is 5.60 Å². The first-order chi connectivity index (χ1) is 5.62. The molecule has 0 fully saturated rings. The lowest BCUT2D eigenvalue weighted by Gasteiger charge is -2.20. The molecule has 0 aliphatic heterocycles. The molecule has 0 aliphatic carbocycles. The minimum atomic E-state index is -0.411. The Morgan fingerprint density at radius 1 is 1.00 bits per heavy atom. The van der Waals surface area contributed by atoms with Gasteiger partial charge >= 0.3 is 0 Å². The van der Waals surface area contributed by atoms with E-state index in [-0.39, 0.29) is 0 Å². The van der Waals surface area contributed by atoms with Crippen molar-refractivity contribution >= 4 is 0 Å². The maximum Gasteiger partial charge on any atom is 0.0617 e. The molecule has 0 radical (unpaired) electrons. The zero-order valence-electron chi connectivity index (χ0n) is 8.90. The monoisotopic (exact) mass is 172 g/mol. The Morgan fingerprint density at radius 2 is 1.58 bits per heavy atom. The van der Waals surface area contributed by atoms with Crippen LogP contribution < -0.4 is 0 Å². The summed E-state index contributed by atoms with van der Waals surface area (Å²) in [6.45, 7) is 6.21. The molecule has 0 bridgehead atoms. The van der Waals surface area contributed by atoms with E-state index in [1.807, 2.05) is 13.8 Å². The molecular weight excluding hydrogens is 148 g/mol. The molecule has 0 saturated carbocycles. The van der Waals surface area contributed by atoms with E-state index in [0.29, 0.717) is 0 Å². The summed E-state index contributed by atoms with van der Waals surface area (Å²) in [6.07, 6.45) is 8.27. The molecule has 0 aromatic heterocycles. The second-order valence-electron chi connectivity index (χ2n) is 4.01. The second kappa shape index (κ2) is 6.47. The fraction of sp³-hybridized carbons (Fsp3) is 1.00. The maximum absolute atomic E-state index is 9.68. The predicted molar refractivity (Wildman–Crippen MR) is 54.3 cm³/mol. The number of aliphatic hydroxyl groups is 1. The van der Waals surface area contributed by atoms with Gasteiger partial charge in [-0.3, -0.25) is 0 Å². The van der Waals surface area contributed by atoms with Crippen molar-refractivity contribution in [1.82, 2.24) is 0 Å². The third kappa shape index (κ3) is 6.66. The van der Waals surface area contributed by atoms with Crippen LogP contribution in [0.5, 0.6) is 0 Å². The second-order valence-corrected chi connectivity index (χ2v) is 4.01. The molecular formula is C11H24O. The number of unbranched alkanes of at least 4 members (excludes halogenated alkanes) is 4. The van der Waals surface area contributed by atoms with E-state index in [4.69, 9.17) is 0 Å². The summed E-state index contributed by atoms with van der Waals surface area (Å²) in [5, 5.41) is 9.68. The highest BCUT2D eigenvalue weighted by atomic mass is 16.3. The molecule has 0 aromatic carbocycles. The van der Waals surface area contributed by atoms with Crippen LogP contribution in [0.3, 0.4) is 0 Å². The average molecular weight is 172 g/mol. The standard InChI is InChI=1S/C11H24O/c1-4-6-7-8-9-10-11(3,12)5-2/h12H,4-10H2,1-3H3. The highest BCUT2D eigenvalue weighted by molar-refractivity contribution is 4.69. The summed E-state index contributed by atoms with van der Waals surface area (Å²) < 4.78 is 0. The minimum Gasteiger partial charge on any atom is -0.390 e. The Labute approximate surface area is 77.2 Å². The van der Waals surface area contributed by atoms with Crippen molar-refractivity contribution in [1.29, 1.82) is 0 Å². The molecule has 1 heteroatoms. The van der Waals surface area contributed by atoms with Gasteiger partial charge in [-0.05, 0) is 19.8 Å². The van der Waals surface area contributed by atoms with Crippen molar-refractivity contribution in [3.8, 4) is 0 Å². The molecule has 0 spiro atoms. The van der Waals surface area contributed by atoms with E-state index in [2.05, 4.69) is 6.92 Å². The van der Waals surface area contributed by atoms with Gasteiger partial charge in [0.15, 0.2) is 0 Å². The summed E-state index contributed by atoms with van der Waals surface area (Å²) in [7, 11) is 0. The Kier molecular flexibility index (Phi) is 6.45. The molecule has 0 rings (SSSR count). The van der Waals surface area contributed by atoms with Crippen LogP contribution in [0.2, 0.25) is 0 Å². The lowest BCUT2D eigenvalue weighted by atomic mass is 9.95. The topological polar surface area (TPSA) is 20.2 Å². The van der Waals surface area contributed by atoms with E-state index in [0.717, 1.165) is 12.8 Å². The van der Waals surface area contributed by atoms with Crippen LogP contribution >= 0.6 is 0 Å². The smallest absolute Gasteiger partial charge is 0.0617 e. The lowest BCUT2D eigenvalue weighted by Crippen LogP contribution is -2.22. The van der Waals surface area contributed by atoms with Gasteiger partial charge in [-0.2, -0.15) is 0 Å². The molecule has 0 aromatic rings. The van der Waals surface area contributed by atoms with Crippen molar-refractivity contribution < 1.29 is 5.11 Å². The predicted octanol–water partition coefficient (Wildman–Crippen LogP) is 3.51. The molecule has 1 unspecified atom stereocenters. The van der Waals surface area contributed by atoms with E-state index >= 15 is 0 Å². The summed E-state index contributed by atoms with van der Waals surface area (Å²) in [6, 6.07) is 0. The molecule has 0 heterocycles. The van der Waals surface area contributed by atoms with Gasteiger partial charge in [0.2, 0.25) is 0 Å². The van der Waals surface area contributed by atoms with Gasteiger partial charge in [0.25, 0.3) is 0 Å². The van der Waals surface area contributed by atoms with E-state index in [1.165, 1.54) is 32.1 Å². The third-order valence-corrected chi connectivity index (χ3v) is 2.58. The highest BCUT2D eigenvalue weighted by Crippen LogP contribution is 2.18. The van der Waals surface area contributed by atoms with Crippen molar-refractivity contribution in [3.63, 3.8) is 0 Å². The SMILES string of the molecule is CCCCCCCC(C)(O)CC. The average Bonchev–Trinajstić information content (AvgIpc) is 2.04. The summed E-state index contributed by atoms with van der Waals surface area (Å²) in [5.41, 5.74) is -0.411. The molecule has 12 heavy (non-hydrogen) atoms. The molecule has 1 atom stereocenters. The summed E-state index contributed by atoms with van der Waals surface area (Å²) in [4.78, 5) is 0. The van der Waals surface area contributed by atoms with Crippen LogP contribution in [0.1, 0.15) is 65.7 Å². The Hall–Kier alpha value is -0.0400. The largest absolute Gasteiger partial charge is 0.390 e. The van der Waals surface area contributed by atoms with Gasteiger partial charge in [0.1, 0.15) is 0 Å². The first kappa shape index (κ1) is 12.0. The van der Waals surface area contributed by atoms with Crippen LogP contribution in [0, 0.1) is 0 Å². The highest BCUT2D eigenvalue weighted by Gasteiger charge is 2.15. The Morgan fingerprint density at radius 3 is 2.08 bits per heavy atom. The summed E-state index contributed by atoms with van der Waals surface area (Å²) in [5.74, 6) is 0. The van der Waals surface area contributed by atoms with Gasteiger partial charge in [-0.15, -0.1) is 0 Å². The van der Waals surface area contributed by atoms with Gasteiger partial charge < -0.3 is 5.11 Å². The quantitative estimate of drug-likeness (QED) is 0.583. The zero-order valence-corrected chi connectivity index (χ0v) is 8.90. The van der Waals surface area contributed by atoms with Crippen LogP contribution in [0.4, 0.5) is 0 Å². The van der Waals surface area contributed by atoms with Crippen molar-refractivity contribution in [2.75, 3.05) is 0 Å². The van der Waals surface area contributed by atoms with Gasteiger partial charge in [0, 0.05) is 0 Å². The normalized spacial score (nSPS) is 16.0. The van der Waals surface area contributed by atoms with Crippen molar-refractivity contribution in [2.45, 2.75) is 71.3 Å². The van der Waals surface area contributed by atoms with Crippen molar-refractivity contribution in [2.24, 2.45) is 0 Å². The van der Waals surface area contributed by atoms with Gasteiger partial charge in [0.05, 0.1) is 5.60 Å². The molecule has 1 nitrogen and oxygen atoms in total. The maximum atomic E-state index is 9.68. The minimum absolute atomic E-state index is 0.411. The Balaban J connectivity index is 3.19. The van der Waals surface area contributed by atoms with Crippen LogP contribution in [0.15, 0.2) is 0 Å². The fourth-order valence-electron chi connectivity index (χ4n) is 1.29. The van der Waals surface area contributed by atoms with E-state index in [1.54, 1.807) is 0 Å². The third-order valence-electron chi connectivity index (χ3n) is 2.58. The van der Waals surface area contributed by atoms with Gasteiger partial charge in [-0.1, -0.05) is 46.0 Å². The molecule has 0 aliphatic rings. The first-order valence-corrected chi connectivity index (χ1v) is 5.34. The number of rotatable bonds is 7. The van der Waals surface area contributed by atoms with Gasteiger partial charge in [-0.25, -0.2) is 0 Å². The van der Waals surface area contributed by atoms with Crippen molar-refractivity contribution in [3.05, 3.63) is 0 Å². The zero-order chi connectivity index (χ0) is 9.45. The number of hydrogen-bond acceptors (Lipinski definition) is 1. The fourth-order valence-corrected chi connectivity index (χ4v) is 1.29. The van der Waals surface area contributed by atoms with Crippen LogP contribution in [-0.4, -0.2) is 10.7 Å². The Bertz CT molecular complexity index is 97.2. The number of hydrogen-bond donors (Lipinski definition) is 1.